The van der Waals surface area contributed by atoms with Gasteiger partial charge in [0.1, 0.15) is 5.76 Å². The van der Waals surface area contributed by atoms with Crippen LogP contribution in [-0.2, 0) is 16.0 Å². The minimum absolute atomic E-state index is 0.0818. The minimum atomic E-state index is -0.812. The average Bonchev–Trinajstić information content (AvgIpc) is 3.07. The van der Waals surface area contributed by atoms with E-state index in [9.17, 15) is 4.79 Å². The number of unbranched alkanes of at least 4 members (excludes halogenated alkanes) is 2. The van der Waals surface area contributed by atoms with Gasteiger partial charge < -0.3 is 9.84 Å². The van der Waals surface area contributed by atoms with Crippen molar-refractivity contribution >= 4 is 30.6 Å². The molecule has 0 unspecified atom stereocenters. The summed E-state index contributed by atoms with van der Waals surface area (Å²) in [4.78, 5) is 12.0. The number of ether oxygens (including phenoxy) is 1. The van der Waals surface area contributed by atoms with Gasteiger partial charge >= 0.3 is 5.97 Å². The molecule has 0 atom stereocenters. The minimum Gasteiger partial charge on any atom is -0.497 e. The zero-order chi connectivity index (χ0) is 23.6. The predicted octanol–water partition coefficient (Wildman–Crippen LogP) is 6.02. The van der Waals surface area contributed by atoms with Crippen LogP contribution in [0.5, 0.6) is 0 Å². The molecular formula is C26H39NO3S. The highest BCUT2D eigenvalue weighted by Crippen LogP contribution is 2.18. The van der Waals surface area contributed by atoms with Crippen molar-refractivity contribution in [1.82, 2.24) is 3.97 Å². The molecule has 0 aliphatic heterocycles. The van der Waals surface area contributed by atoms with E-state index >= 15 is 0 Å². The lowest BCUT2D eigenvalue weighted by Gasteiger charge is -2.01. The second kappa shape index (κ2) is 17.3. The second-order valence-electron chi connectivity index (χ2n) is 6.53. The Kier molecular flexibility index (Phi) is 16.0. The van der Waals surface area contributed by atoms with E-state index in [4.69, 9.17) is 9.84 Å². The van der Waals surface area contributed by atoms with Gasteiger partial charge in [-0.3, -0.25) is 8.77 Å². The molecule has 0 bridgehead atoms. The number of carboxylic acid groups (broad SMARTS) is 1. The Hall–Kier alpha value is -2.40. The first-order valence-corrected chi connectivity index (χ1v) is 11.8. The van der Waals surface area contributed by atoms with Gasteiger partial charge in [0.2, 0.25) is 0 Å². The molecule has 172 valence electrons. The molecule has 1 aromatic carbocycles. The van der Waals surface area contributed by atoms with E-state index in [1.807, 2.05) is 73.4 Å². The largest absolute Gasteiger partial charge is 0.497 e. The highest BCUT2D eigenvalue weighted by molar-refractivity contribution is 7.97. The topological polar surface area (TPSA) is 51.5 Å². The molecule has 2 rings (SSSR count). The molecule has 31 heavy (non-hydrogen) atoms. The third-order valence-electron chi connectivity index (χ3n) is 4.27. The van der Waals surface area contributed by atoms with Crippen LogP contribution in [0.4, 0.5) is 0 Å². The van der Waals surface area contributed by atoms with Crippen LogP contribution in [0, 0.1) is 0 Å². The SMILES string of the molecule is C=c1/c(=C\C(=C/C)OC)c(CCC(=O)O)cn1Sc1ccccc1.CC.CCCCC. The average molecular weight is 446 g/mol. The van der Waals surface area contributed by atoms with Crippen molar-refractivity contribution in [3.8, 4) is 0 Å². The van der Waals surface area contributed by atoms with Crippen LogP contribution in [0.2, 0.25) is 0 Å². The van der Waals surface area contributed by atoms with Gasteiger partial charge in [0.25, 0.3) is 0 Å². The summed E-state index contributed by atoms with van der Waals surface area (Å²) >= 11 is 1.55. The van der Waals surface area contributed by atoms with Crippen molar-refractivity contribution in [2.75, 3.05) is 7.11 Å². The quantitative estimate of drug-likeness (QED) is 0.479. The summed E-state index contributed by atoms with van der Waals surface area (Å²) in [6.07, 6.45) is 10.3. The molecule has 4 nitrogen and oxygen atoms in total. The lowest BCUT2D eigenvalue weighted by atomic mass is 10.1. The number of aliphatic carboxylic acids is 1. The molecule has 1 heterocycles. The van der Waals surface area contributed by atoms with Crippen LogP contribution in [0.3, 0.4) is 0 Å². The molecule has 0 amide bonds. The Labute approximate surface area is 192 Å². The number of aryl methyl sites for hydroxylation is 1. The van der Waals surface area contributed by atoms with E-state index in [-0.39, 0.29) is 6.42 Å². The number of carboxylic acids is 1. The fourth-order valence-electron chi connectivity index (χ4n) is 2.64. The van der Waals surface area contributed by atoms with Crippen molar-refractivity contribution in [2.45, 2.75) is 71.6 Å². The van der Waals surface area contributed by atoms with Crippen LogP contribution in [0.15, 0.2) is 53.3 Å². The predicted molar refractivity (Wildman–Crippen MR) is 135 cm³/mol. The Morgan fingerprint density at radius 2 is 1.81 bits per heavy atom. The number of carbonyl (C=O) groups is 1. The number of rotatable bonds is 9. The summed E-state index contributed by atoms with van der Waals surface area (Å²) in [7, 11) is 1.61. The monoisotopic (exact) mass is 445 g/mol. The lowest BCUT2D eigenvalue weighted by molar-refractivity contribution is -0.136. The number of nitrogens with zero attached hydrogens (tertiary/aromatic N) is 1. The van der Waals surface area contributed by atoms with Gasteiger partial charge in [-0.1, -0.05) is 71.7 Å². The normalized spacial score (nSPS) is 11.2. The summed E-state index contributed by atoms with van der Waals surface area (Å²) in [6, 6.07) is 9.98. The Morgan fingerprint density at radius 1 is 1.19 bits per heavy atom. The highest BCUT2D eigenvalue weighted by atomic mass is 32.2. The smallest absolute Gasteiger partial charge is 0.303 e. The van der Waals surface area contributed by atoms with Crippen LogP contribution in [-0.4, -0.2) is 22.2 Å². The van der Waals surface area contributed by atoms with Crippen LogP contribution >= 0.6 is 11.9 Å². The second-order valence-corrected chi connectivity index (χ2v) is 7.58. The van der Waals surface area contributed by atoms with Crippen LogP contribution in [0.25, 0.3) is 12.7 Å². The van der Waals surface area contributed by atoms with Crippen molar-refractivity contribution in [2.24, 2.45) is 0 Å². The first kappa shape index (κ1) is 28.6. The lowest BCUT2D eigenvalue weighted by Crippen LogP contribution is -2.27. The zero-order valence-electron chi connectivity index (χ0n) is 20.0. The van der Waals surface area contributed by atoms with Crippen molar-refractivity contribution in [3.05, 3.63) is 64.5 Å². The van der Waals surface area contributed by atoms with E-state index in [1.54, 1.807) is 19.1 Å². The molecule has 0 fully saturated rings. The summed E-state index contributed by atoms with van der Waals surface area (Å²) in [5.41, 5.74) is 0.947. The Morgan fingerprint density at radius 3 is 2.26 bits per heavy atom. The summed E-state index contributed by atoms with van der Waals surface area (Å²) in [5.74, 6) is -0.0908. The van der Waals surface area contributed by atoms with Gasteiger partial charge in [0.05, 0.1) is 12.5 Å². The first-order valence-electron chi connectivity index (χ1n) is 11.0. The molecule has 0 radical (unpaired) electrons. The number of hydrogen-bond acceptors (Lipinski definition) is 3. The van der Waals surface area contributed by atoms with E-state index in [0.717, 1.165) is 26.8 Å². The van der Waals surface area contributed by atoms with Gasteiger partial charge in [0.15, 0.2) is 0 Å². The molecule has 0 aliphatic rings. The molecule has 2 aromatic rings. The molecule has 0 saturated carbocycles. The highest BCUT2D eigenvalue weighted by Gasteiger charge is 2.08. The zero-order valence-corrected chi connectivity index (χ0v) is 20.8. The van der Waals surface area contributed by atoms with Crippen LogP contribution in [0.1, 0.15) is 65.9 Å². The van der Waals surface area contributed by atoms with E-state index in [0.29, 0.717) is 6.42 Å². The fourth-order valence-corrected chi connectivity index (χ4v) is 3.54. The molecular weight excluding hydrogens is 406 g/mol. The molecule has 5 heteroatoms. The maximum Gasteiger partial charge on any atom is 0.303 e. The van der Waals surface area contributed by atoms with E-state index in [2.05, 4.69) is 20.4 Å². The summed E-state index contributed by atoms with van der Waals surface area (Å²) < 4.78 is 7.29. The summed E-state index contributed by atoms with van der Waals surface area (Å²) in [5, 5.41) is 10.7. The van der Waals surface area contributed by atoms with Crippen LogP contribution < -0.4 is 10.6 Å². The third-order valence-corrected chi connectivity index (χ3v) is 5.27. The number of benzene rings is 1. The van der Waals surface area contributed by atoms with Gasteiger partial charge in [-0.2, -0.15) is 0 Å². The van der Waals surface area contributed by atoms with Crippen molar-refractivity contribution in [3.63, 3.8) is 0 Å². The van der Waals surface area contributed by atoms with E-state index in [1.165, 1.54) is 19.3 Å². The standard InChI is InChI=1S/C19H21NO3S.C5H12.C2H6/c1-4-16(23-3)12-18-14(2)20(13-15(18)10-11-19(21)22)24-17-8-6-5-7-9-17;1-3-5-4-2;1-2/h4-9,12-13H,2,10-11H2,1,3H3,(H,21,22);3-5H2,1-2H3;1-2H3/b16-4+,18-12+;;. The fraction of sp³-hybridized carbons (Fsp3) is 0.423. The van der Waals surface area contributed by atoms with Gasteiger partial charge in [-0.25, -0.2) is 0 Å². The van der Waals surface area contributed by atoms with E-state index < -0.39 is 5.97 Å². The molecule has 0 spiro atoms. The number of allylic oxidation sites excluding steroid dienone is 2. The van der Waals surface area contributed by atoms with Gasteiger partial charge in [-0.05, 0) is 55.1 Å². The molecule has 0 aliphatic carbocycles. The third kappa shape index (κ3) is 11.0. The number of hydrogen-bond donors (Lipinski definition) is 1. The van der Waals surface area contributed by atoms with Crippen molar-refractivity contribution < 1.29 is 14.6 Å². The van der Waals surface area contributed by atoms with Gasteiger partial charge in [-0.15, -0.1) is 0 Å². The molecule has 1 N–H and O–H groups in total. The maximum atomic E-state index is 10.9. The Balaban J connectivity index is 0.00000113. The molecule has 1 aromatic heterocycles. The Bertz CT molecular complexity index is 883. The summed E-state index contributed by atoms with van der Waals surface area (Å²) in [6.45, 7) is 14.5. The van der Waals surface area contributed by atoms with Crippen molar-refractivity contribution in [1.29, 1.82) is 0 Å². The van der Waals surface area contributed by atoms with Gasteiger partial charge in [0, 0.05) is 22.7 Å². The maximum absolute atomic E-state index is 10.9. The molecule has 0 saturated heterocycles. The first-order chi connectivity index (χ1) is 15.0. The number of aromatic nitrogens is 1. The number of methoxy groups -OCH3 is 1.